The summed E-state index contributed by atoms with van der Waals surface area (Å²) >= 11 is 0. The Hall–Kier alpha value is -1.72. The lowest BCUT2D eigenvalue weighted by molar-refractivity contribution is -0.137. The van der Waals surface area contributed by atoms with Crippen LogP contribution in [0, 0.1) is 0 Å². The van der Waals surface area contributed by atoms with Gasteiger partial charge in [0.15, 0.2) is 0 Å². The fourth-order valence-electron chi connectivity index (χ4n) is 1.22. The van der Waals surface area contributed by atoms with E-state index in [-0.39, 0.29) is 11.4 Å². The molecule has 0 fully saturated rings. The van der Waals surface area contributed by atoms with Gasteiger partial charge in [0.1, 0.15) is 5.75 Å². The molecule has 1 aromatic carbocycles. The molecule has 0 aliphatic rings. The number of anilines is 1. The molecule has 0 saturated carbocycles. The minimum absolute atomic E-state index is 0.0169. The van der Waals surface area contributed by atoms with Crippen LogP contribution in [0.4, 0.5) is 18.9 Å². The first-order valence-corrected chi connectivity index (χ1v) is 5.03. The third-order valence-corrected chi connectivity index (χ3v) is 1.98. The third kappa shape index (κ3) is 3.65. The molecular formula is C11H12F3NO2. The topological polar surface area (TPSA) is 38.3 Å². The van der Waals surface area contributed by atoms with Gasteiger partial charge in [-0.1, -0.05) is 6.92 Å². The molecule has 0 radical (unpaired) electrons. The van der Waals surface area contributed by atoms with Gasteiger partial charge in [0, 0.05) is 0 Å². The summed E-state index contributed by atoms with van der Waals surface area (Å²) in [5.41, 5.74) is -0.811. The standard InChI is InChI=1S/C11H12F3NO2/c1-2-5-17-10-4-3-8(11(12,13)14)6-9(10)15-7-16/h3-4,6-7H,2,5H2,1H3,(H,15,16). The van der Waals surface area contributed by atoms with E-state index in [0.29, 0.717) is 13.0 Å². The summed E-state index contributed by atoms with van der Waals surface area (Å²) in [4.78, 5) is 10.3. The van der Waals surface area contributed by atoms with E-state index in [2.05, 4.69) is 5.32 Å². The number of benzene rings is 1. The Morgan fingerprint density at radius 3 is 2.65 bits per heavy atom. The van der Waals surface area contributed by atoms with E-state index in [1.807, 2.05) is 6.92 Å². The zero-order valence-corrected chi connectivity index (χ0v) is 9.17. The second-order valence-electron chi connectivity index (χ2n) is 3.32. The van der Waals surface area contributed by atoms with E-state index >= 15 is 0 Å². The van der Waals surface area contributed by atoms with Crippen molar-refractivity contribution >= 4 is 12.1 Å². The number of nitrogens with one attached hydrogen (secondary N) is 1. The monoisotopic (exact) mass is 247 g/mol. The summed E-state index contributed by atoms with van der Waals surface area (Å²) in [5, 5.41) is 2.19. The Labute approximate surface area is 96.6 Å². The van der Waals surface area contributed by atoms with Crippen molar-refractivity contribution in [1.29, 1.82) is 0 Å². The summed E-state index contributed by atoms with van der Waals surface area (Å²) in [6.45, 7) is 2.25. The average Bonchev–Trinajstić information content (AvgIpc) is 2.26. The SMILES string of the molecule is CCCOc1ccc(C(F)(F)F)cc1NC=O. The first-order valence-electron chi connectivity index (χ1n) is 5.03. The molecule has 0 saturated heterocycles. The van der Waals surface area contributed by atoms with Crippen LogP contribution in [0.1, 0.15) is 18.9 Å². The highest BCUT2D eigenvalue weighted by atomic mass is 19.4. The second-order valence-corrected chi connectivity index (χ2v) is 3.32. The van der Waals surface area contributed by atoms with Crippen molar-refractivity contribution < 1.29 is 22.7 Å². The summed E-state index contributed by atoms with van der Waals surface area (Å²) in [6.07, 6.45) is -3.40. The lowest BCUT2D eigenvalue weighted by Gasteiger charge is -2.13. The number of hydrogen-bond acceptors (Lipinski definition) is 2. The molecule has 0 bridgehead atoms. The minimum Gasteiger partial charge on any atom is -0.491 e. The van der Waals surface area contributed by atoms with Crippen LogP contribution in [0.3, 0.4) is 0 Å². The summed E-state index contributed by atoms with van der Waals surface area (Å²) in [5.74, 6) is 0.229. The molecule has 1 aromatic rings. The van der Waals surface area contributed by atoms with Gasteiger partial charge in [-0.3, -0.25) is 4.79 Å². The number of rotatable bonds is 5. The van der Waals surface area contributed by atoms with Crippen LogP contribution in [0.15, 0.2) is 18.2 Å². The normalized spacial score (nSPS) is 11.1. The van der Waals surface area contributed by atoms with Crippen molar-refractivity contribution in [1.82, 2.24) is 0 Å². The zero-order chi connectivity index (χ0) is 12.9. The fraction of sp³-hybridized carbons (Fsp3) is 0.364. The fourth-order valence-corrected chi connectivity index (χ4v) is 1.22. The van der Waals surface area contributed by atoms with Gasteiger partial charge in [-0.25, -0.2) is 0 Å². The molecule has 0 aliphatic heterocycles. The first-order chi connectivity index (χ1) is 7.99. The Morgan fingerprint density at radius 1 is 1.41 bits per heavy atom. The van der Waals surface area contributed by atoms with Crippen LogP contribution in [-0.2, 0) is 11.0 Å². The van der Waals surface area contributed by atoms with Crippen LogP contribution in [0.5, 0.6) is 5.75 Å². The third-order valence-electron chi connectivity index (χ3n) is 1.98. The Balaban J connectivity index is 3.03. The highest BCUT2D eigenvalue weighted by Crippen LogP contribution is 2.34. The number of hydrogen-bond donors (Lipinski definition) is 1. The van der Waals surface area contributed by atoms with Gasteiger partial charge in [0.25, 0.3) is 0 Å². The highest BCUT2D eigenvalue weighted by molar-refractivity contribution is 5.75. The molecule has 1 amide bonds. The summed E-state index contributed by atoms with van der Waals surface area (Å²) < 4.78 is 42.5. The van der Waals surface area contributed by atoms with E-state index in [1.165, 1.54) is 6.07 Å². The number of carbonyl (C=O) groups is 1. The number of alkyl halides is 3. The molecule has 94 valence electrons. The van der Waals surface area contributed by atoms with Gasteiger partial charge in [0.05, 0.1) is 17.9 Å². The molecule has 0 aromatic heterocycles. The Morgan fingerprint density at radius 2 is 2.12 bits per heavy atom. The van der Waals surface area contributed by atoms with Gasteiger partial charge in [-0.2, -0.15) is 13.2 Å². The van der Waals surface area contributed by atoms with Gasteiger partial charge >= 0.3 is 6.18 Å². The van der Waals surface area contributed by atoms with Crippen LogP contribution >= 0.6 is 0 Å². The molecule has 3 nitrogen and oxygen atoms in total. The lowest BCUT2D eigenvalue weighted by atomic mass is 10.2. The summed E-state index contributed by atoms with van der Waals surface area (Å²) in [7, 11) is 0. The van der Waals surface area contributed by atoms with Crippen molar-refractivity contribution in [2.45, 2.75) is 19.5 Å². The minimum atomic E-state index is -4.44. The molecule has 0 spiro atoms. The molecule has 0 unspecified atom stereocenters. The smallest absolute Gasteiger partial charge is 0.416 e. The van der Waals surface area contributed by atoms with Crippen LogP contribution in [0.25, 0.3) is 0 Å². The summed E-state index contributed by atoms with van der Waals surface area (Å²) in [6, 6.07) is 2.96. The van der Waals surface area contributed by atoms with Crippen LogP contribution in [-0.4, -0.2) is 13.0 Å². The van der Waals surface area contributed by atoms with E-state index in [4.69, 9.17) is 4.74 Å². The number of halogens is 3. The highest BCUT2D eigenvalue weighted by Gasteiger charge is 2.31. The number of carbonyl (C=O) groups excluding carboxylic acids is 1. The molecular weight excluding hydrogens is 235 g/mol. The van der Waals surface area contributed by atoms with Crippen molar-refractivity contribution in [3.8, 4) is 5.75 Å². The van der Waals surface area contributed by atoms with E-state index in [9.17, 15) is 18.0 Å². The molecule has 1 N–H and O–H groups in total. The van der Waals surface area contributed by atoms with Crippen molar-refractivity contribution in [3.05, 3.63) is 23.8 Å². The Kier molecular flexibility index (Phi) is 4.37. The maximum Gasteiger partial charge on any atom is 0.416 e. The first kappa shape index (κ1) is 13.3. The van der Waals surface area contributed by atoms with Crippen molar-refractivity contribution in [3.63, 3.8) is 0 Å². The van der Waals surface area contributed by atoms with Gasteiger partial charge in [-0.05, 0) is 24.6 Å². The zero-order valence-electron chi connectivity index (χ0n) is 9.17. The molecule has 1 rings (SSSR count). The van der Waals surface area contributed by atoms with Gasteiger partial charge in [-0.15, -0.1) is 0 Å². The lowest BCUT2D eigenvalue weighted by Crippen LogP contribution is -2.07. The van der Waals surface area contributed by atoms with Crippen molar-refractivity contribution in [2.24, 2.45) is 0 Å². The number of ether oxygens (including phenoxy) is 1. The Bertz CT molecular complexity index is 391. The quantitative estimate of drug-likeness (QED) is 0.812. The largest absolute Gasteiger partial charge is 0.491 e. The van der Waals surface area contributed by atoms with Gasteiger partial charge in [0.2, 0.25) is 6.41 Å². The molecule has 17 heavy (non-hydrogen) atoms. The second kappa shape index (κ2) is 5.56. The van der Waals surface area contributed by atoms with E-state index in [0.717, 1.165) is 18.6 Å². The molecule has 0 aliphatic carbocycles. The van der Waals surface area contributed by atoms with Gasteiger partial charge < -0.3 is 10.1 Å². The maximum atomic E-state index is 12.4. The van der Waals surface area contributed by atoms with E-state index in [1.54, 1.807) is 0 Å². The van der Waals surface area contributed by atoms with E-state index < -0.39 is 11.7 Å². The average molecular weight is 247 g/mol. The molecule has 6 heteroatoms. The molecule has 0 atom stereocenters. The number of amides is 1. The maximum absolute atomic E-state index is 12.4. The molecule has 0 heterocycles. The predicted octanol–water partition coefficient (Wildman–Crippen LogP) is 3.06. The van der Waals surface area contributed by atoms with Crippen molar-refractivity contribution in [2.75, 3.05) is 11.9 Å². The van der Waals surface area contributed by atoms with Crippen LogP contribution in [0.2, 0.25) is 0 Å². The van der Waals surface area contributed by atoms with Crippen LogP contribution < -0.4 is 10.1 Å². The predicted molar refractivity (Wildman–Crippen MR) is 56.9 cm³/mol.